The third kappa shape index (κ3) is 3.19. The molecule has 0 bridgehead atoms. The van der Waals surface area contributed by atoms with Gasteiger partial charge in [0, 0.05) is 19.5 Å². The second kappa shape index (κ2) is 5.54. The number of carbonyl (C=O) groups excluding carboxylic acids is 1. The second-order valence-corrected chi connectivity index (χ2v) is 6.70. The molecule has 5 nitrogen and oxygen atoms in total. The van der Waals surface area contributed by atoms with Crippen molar-refractivity contribution in [2.24, 2.45) is 0 Å². The fourth-order valence-electron chi connectivity index (χ4n) is 2.74. The molecule has 2 rings (SSSR count). The summed E-state index contributed by atoms with van der Waals surface area (Å²) in [5.41, 5.74) is 1.83. The first-order chi connectivity index (χ1) is 9.29. The summed E-state index contributed by atoms with van der Waals surface area (Å²) >= 11 is 0. The molecule has 1 amide bonds. The Morgan fingerprint density at radius 1 is 1.45 bits per heavy atom. The summed E-state index contributed by atoms with van der Waals surface area (Å²) in [5, 5.41) is 0. The van der Waals surface area contributed by atoms with E-state index in [0.717, 1.165) is 30.5 Å². The average Bonchev–Trinajstić information content (AvgIpc) is 2.78. The van der Waals surface area contributed by atoms with Crippen molar-refractivity contribution in [2.75, 3.05) is 6.54 Å². The van der Waals surface area contributed by atoms with Crippen LogP contribution in [0.3, 0.4) is 0 Å². The summed E-state index contributed by atoms with van der Waals surface area (Å²) in [6.45, 7) is 4.22. The molecule has 1 fully saturated rings. The lowest BCUT2D eigenvalue weighted by Gasteiger charge is -2.24. The van der Waals surface area contributed by atoms with E-state index in [1.54, 1.807) is 13.0 Å². The molecule has 1 aliphatic rings. The van der Waals surface area contributed by atoms with Crippen LogP contribution in [0.1, 0.15) is 30.9 Å². The first-order valence-electron chi connectivity index (χ1n) is 6.63. The largest absolute Gasteiger partial charge is 0.340 e. The van der Waals surface area contributed by atoms with Gasteiger partial charge in [-0.25, -0.2) is 0 Å². The summed E-state index contributed by atoms with van der Waals surface area (Å²) < 4.78 is 31.5. The van der Waals surface area contributed by atoms with Crippen molar-refractivity contribution in [3.8, 4) is 0 Å². The molecule has 1 aromatic rings. The predicted molar refractivity (Wildman–Crippen MR) is 75.1 cm³/mol. The number of likely N-dealkylation sites (tertiary alicyclic amines) is 1. The van der Waals surface area contributed by atoms with E-state index in [0.29, 0.717) is 6.42 Å². The van der Waals surface area contributed by atoms with Crippen LogP contribution in [-0.4, -0.2) is 36.4 Å². The second-order valence-electron chi connectivity index (χ2n) is 5.28. The van der Waals surface area contributed by atoms with Crippen molar-refractivity contribution in [3.63, 3.8) is 0 Å². The van der Waals surface area contributed by atoms with Crippen molar-refractivity contribution in [1.29, 1.82) is 0 Å². The number of nitrogens with zero attached hydrogens (tertiary/aromatic N) is 1. The summed E-state index contributed by atoms with van der Waals surface area (Å²) in [6.07, 6.45) is 2.52. The van der Waals surface area contributed by atoms with Gasteiger partial charge in [-0.1, -0.05) is 6.07 Å². The van der Waals surface area contributed by atoms with Gasteiger partial charge < -0.3 is 4.90 Å². The topological polar surface area (TPSA) is 74.7 Å². The van der Waals surface area contributed by atoms with Gasteiger partial charge >= 0.3 is 0 Å². The smallest absolute Gasteiger partial charge is 0.294 e. The lowest BCUT2D eigenvalue weighted by Crippen LogP contribution is -2.35. The lowest BCUT2D eigenvalue weighted by molar-refractivity contribution is -0.129. The number of aryl methyl sites for hydroxylation is 1. The standard InChI is InChI=1S/C14H19NO4S/c1-10-5-6-14(20(17,18)19)9-12(10)8-13-4-3-7-15(13)11(2)16/h5-6,9,13H,3-4,7-8H2,1-2H3,(H,17,18,19). The fourth-order valence-corrected chi connectivity index (χ4v) is 3.28. The Morgan fingerprint density at radius 2 is 2.15 bits per heavy atom. The zero-order chi connectivity index (χ0) is 14.9. The Morgan fingerprint density at radius 3 is 2.75 bits per heavy atom. The fraction of sp³-hybridized carbons (Fsp3) is 0.500. The Labute approximate surface area is 119 Å². The van der Waals surface area contributed by atoms with E-state index < -0.39 is 10.1 Å². The minimum atomic E-state index is -4.19. The molecule has 1 N–H and O–H groups in total. The normalized spacial score (nSPS) is 19.4. The quantitative estimate of drug-likeness (QED) is 0.863. The number of amides is 1. The monoisotopic (exact) mass is 297 g/mol. The number of carbonyl (C=O) groups is 1. The summed E-state index contributed by atoms with van der Waals surface area (Å²) in [5.74, 6) is 0.0519. The molecule has 1 unspecified atom stereocenters. The van der Waals surface area contributed by atoms with Gasteiger partial charge in [0.15, 0.2) is 0 Å². The molecular weight excluding hydrogens is 278 g/mol. The maximum absolute atomic E-state index is 11.5. The minimum absolute atomic E-state index is 0.0519. The summed E-state index contributed by atoms with van der Waals surface area (Å²) in [7, 11) is -4.19. The van der Waals surface area contributed by atoms with Crippen LogP contribution in [0.15, 0.2) is 23.1 Å². The van der Waals surface area contributed by atoms with Crippen LogP contribution in [0, 0.1) is 6.92 Å². The predicted octanol–water partition coefficient (Wildman–Crippen LogP) is 1.80. The Hall–Kier alpha value is -1.40. The van der Waals surface area contributed by atoms with Crippen molar-refractivity contribution < 1.29 is 17.8 Å². The van der Waals surface area contributed by atoms with Crippen molar-refractivity contribution in [1.82, 2.24) is 4.90 Å². The van der Waals surface area contributed by atoms with Gasteiger partial charge in [0.2, 0.25) is 5.91 Å². The zero-order valence-corrected chi connectivity index (χ0v) is 12.5. The SMILES string of the molecule is CC(=O)N1CCCC1Cc1cc(S(=O)(=O)O)ccc1C. The molecule has 0 spiro atoms. The van der Waals surface area contributed by atoms with Gasteiger partial charge in [-0.2, -0.15) is 8.42 Å². The maximum atomic E-state index is 11.5. The molecule has 1 atom stereocenters. The molecular formula is C14H19NO4S. The highest BCUT2D eigenvalue weighted by molar-refractivity contribution is 7.85. The van der Waals surface area contributed by atoms with Crippen LogP contribution in [0.4, 0.5) is 0 Å². The van der Waals surface area contributed by atoms with E-state index >= 15 is 0 Å². The third-order valence-electron chi connectivity index (χ3n) is 3.86. The van der Waals surface area contributed by atoms with Gasteiger partial charge in [-0.15, -0.1) is 0 Å². The van der Waals surface area contributed by atoms with E-state index in [1.165, 1.54) is 12.1 Å². The number of hydrogen-bond donors (Lipinski definition) is 1. The van der Waals surface area contributed by atoms with E-state index in [4.69, 9.17) is 4.55 Å². The van der Waals surface area contributed by atoms with Gasteiger partial charge in [-0.3, -0.25) is 9.35 Å². The average molecular weight is 297 g/mol. The van der Waals surface area contributed by atoms with Crippen molar-refractivity contribution in [3.05, 3.63) is 29.3 Å². The van der Waals surface area contributed by atoms with E-state index in [9.17, 15) is 13.2 Å². The van der Waals surface area contributed by atoms with Crippen molar-refractivity contribution in [2.45, 2.75) is 44.0 Å². The molecule has 0 aliphatic carbocycles. The minimum Gasteiger partial charge on any atom is -0.340 e. The highest BCUT2D eigenvalue weighted by Gasteiger charge is 2.27. The highest BCUT2D eigenvalue weighted by Crippen LogP contribution is 2.24. The maximum Gasteiger partial charge on any atom is 0.294 e. The van der Waals surface area contributed by atoms with E-state index in [-0.39, 0.29) is 16.8 Å². The number of benzene rings is 1. The van der Waals surface area contributed by atoms with Crippen LogP contribution in [0.25, 0.3) is 0 Å². The Kier molecular flexibility index (Phi) is 4.15. The summed E-state index contributed by atoms with van der Waals surface area (Å²) in [6, 6.07) is 4.70. The van der Waals surface area contributed by atoms with Gasteiger partial charge in [0.05, 0.1) is 4.90 Å². The molecule has 6 heteroatoms. The number of rotatable bonds is 3. The van der Waals surface area contributed by atoms with Crippen LogP contribution >= 0.6 is 0 Å². The Balaban J connectivity index is 2.27. The molecule has 0 saturated carbocycles. The summed E-state index contributed by atoms with van der Waals surface area (Å²) in [4.78, 5) is 13.3. The molecule has 0 radical (unpaired) electrons. The van der Waals surface area contributed by atoms with E-state index in [2.05, 4.69) is 0 Å². The zero-order valence-electron chi connectivity index (χ0n) is 11.7. The van der Waals surface area contributed by atoms with Gasteiger partial charge in [0.1, 0.15) is 0 Å². The Bertz CT molecular complexity index is 624. The molecule has 1 heterocycles. The van der Waals surface area contributed by atoms with E-state index in [1.807, 2.05) is 11.8 Å². The van der Waals surface area contributed by atoms with Crippen LogP contribution in [0.2, 0.25) is 0 Å². The highest BCUT2D eigenvalue weighted by atomic mass is 32.2. The molecule has 110 valence electrons. The molecule has 0 aromatic heterocycles. The third-order valence-corrected chi connectivity index (χ3v) is 4.71. The molecule has 20 heavy (non-hydrogen) atoms. The first-order valence-corrected chi connectivity index (χ1v) is 8.07. The first kappa shape index (κ1) is 15.0. The van der Waals surface area contributed by atoms with Crippen LogP contribution in [-0.2, 0) is 21.3 Å². The molecule has 1 aliphatic heterocycles. The lowest BCUT2D eigenvalue weighted by atomic mass is 9.99. The van der Waals surface area contributed by atoms with Gasteiger partial charge in [0.25, 0.3) is 10.1 Å². The molecule has 1 saturated heterocycles. The van der Waals surface area contributed by atoms with Crippen molar-refractivity contribution >= 4 is 16.0 Å². The van der Waals surface area contributed by atoms with Crippen LogP contribution < -0.4 is 0 Å². The van der Waals surface area contributed by atoms with Gasteiger partial charge in [-0.05, 0) is 49.4 Å². The van der Waals surface area contributed by atoms with Crippen LogP contribution in [0.5, 0.6) is 0 Å². The molecule has 1 aromatic carbocycles. The number of hydrogen-bond acceptors (Lipinski definition) is 3.